The number of alkyl halides is 1. The average Bonchev–Trinajstić information content (AvgIpc) is 2.41. The highest BCUT2D eigenvalue weighted by molar-refractivity contribution is 9.10. The van der Waals surface area contributed by atoms with E-state index in [4.69, 9.17) is 39.5 Å². The average molecular weight is 380 g/mol. The van der Waals surface area contributed by atoms with E-state index in [0.29, 0.717) is 15.8 Å². The summed E-state index contributed by atoms with van der Waals surface area (Å²) < 4.78 is 5.92. The second-order valence-corrected chi connectivity index (χ2v) is 5.97. The number of rotatable bonds is 3. The van der Waals surface area contributed by atoms with Crippen LogP contribution in [0.5, 0.6) is 5.75 Å². The Morgan fingerprint density at radius 2 is 1.84 bits per heavy atom. The fraction of sp³-hybridized carbons (Fsp3) is 0.143. The lowest BCUT2D eigenvalue weighted by atomic mass is 10.0. The fourth-order valence-corrected chi connectivity index (χ4v) is 3.10. The van der Waals surface area contributed by atoms with Crippen molar-refractivity contribution in [2.75, 3.05) is 7.11 Å². The molecule has 0 saturated carbocycles. The summed E-state index contributed by atoms with van der Waals surface area (Å²) in [5, 5.41) is 0.730. The molecule has 0 spiro atoms. The summed E-state index contributed by atoms with van der Waals surface area (Å²) in [5.74, 6) is 0.693. The second kappa shape index (κ2) is 6.36. The van der Waals surface area contributed by atoms with Crippen LogP contribution in [0.4, 0.5) is 0 Å². The molecule has 0 aliphatic carbocycles. The van der Waals surface area contributed by atoms with Gasteiger partial charge in [0.25, 0.3) is 0 Å². The molecule has 0 radical (unpaired) electrons. The van der Waals surface area contributed by atoms with Gasteiger partial charge in [-0.1, -0.05) is 41.4 Å². The van der Waals surface area contributed by atoms with Crippen LogP contribution in [0.15, 0.2) is 40.9 Å². The van der Waals surface area contributed by atoms with Gasteiger partial charge in [0, 0.05) is 9.50 Å². The first-order chi connectivity index (χ1) is 9.04. The molecule has 2 aromatic rings. The lowest BCUT2D eigenvalue weighted by Crippen LogP contribution is -1.96. The van der Waals surface area contributed by atoms with Crippen LogP contribution < -0.4 is 4.74 Å². The van der Waals surface area contributed by atoms with Crippen LogP contribution >= 0.6 is 50.7 Å². The summed E-state index contributed by atoms with van der Waals surface area (Å²) in [6, 6.07) is 11.0. The molecule has 0 saturated heterocycles. The molecule has 1 unspecified atom stereocenters. The molecule has 0 bridgehead atoms. The van der Waals surface area contributed by atoms with Crippen molar-refractivity contribution >= 4 is 50.7 Å². The van der Waals surface area contributed by atoms with Crippen molar-refractivity contribution in [1.29, 1.82) is 0 Å². The van der Waals surface area contributed by atoms with Gasteiger partial charge >= 0.3 is 0 Å². The van der Waals surface area contributed by atoms with Gasteiger partial charge in [-0.3, -0.25) is 0 Å². The lowest BCUT2D eigenvalue weighted by Gasteiger charge is -2.15. The zero-order valence-electron chi connectivity index (χ0n) is 9.96. The number of hydrogen-bond acceptors (Lipinski definition) is 1. The summed E-state index contributed by atoms with van der Waals surface area (Å²) in [6.45, 7) is 0. The fourth-order valence-electron chi connectivity index (χ4n) is 1.72. The maximum Gasteiger partial charge on any atom is 0.120 e. The van der Waals surface area contributed by atoms with E-state index in [1.807, 2.05) is 30.3 Å². The Morgan fingerprint density at radius 1 is 1.11 bits per heavy atom. The molecular weight excluding hydrogens is 370 g/mol. The third-order valence-corrected chi connectivity index (χ3v) is 4.84. The van der Waals surface area contributed by atoms with E-state index in [2.05, 4.69) is 15.9 Å². The van der Waals surface area contributed by atoms with E-state index < -0.39 is 5.38 Å². The Morgan fingerprint density at radius 3 is 2.47 bits per heavy atom. The third-order valence-electron chi connectivity index (χ3n) is 2.74. The molecule has 2 rings (SSSR count). The third kappa shape index (κ3) is 3.19. The molecule has 1 nitrogen and oxygen atoms in total. The molecule has 2 aromatic carbocycles. The predicted molar refractivity (Wildman–Crippen MR) is 84.9 cm³/mol. The minimum absolute atomic E-state index is 0.414. The van der Waals surface area contributed by atoms with Crippen LogP contribution in [0.3, 0.4) is 0 Å². The Balaban J connectivity index is 2.44. The first-order valence-electron chi connectivity index (χ1n) is 5.46. The second-order valence-electron chi connectivity index (χ2n) is 3.89. The van der Waals surface area contributed by atoms with E-state index in [1.165, 1.54) is 0 Å². The number of methoxy groups -OCH3 is 1. The van der Waals surface area contributed by atoms with Crippen molar-refractivity contribution in [2.24, 2.45) is 0 Å². The van der Waals surface area contributed by atoms with E-state index in [9.17, 15) is 0 Å². The predicted octanol–water partition coefficient (Wildman–Crippen LogP) is 6.09. The summed E-state index contributed by atoms with van der Waals surface area (Å²) in [6.07, 6.45) is 0. The van der Waals surface area contributed by atoms with Crippen molar-refractivity contribution in [3.8, 4) is 5.75 Å². The van der Waals surface area contributed by atoms with Crippen LogP contribution in [0.1, 0.15) is 16.5 Å². The molecule has 0 amide bonds. The van der Waals surface area contributed by atoms with Gasteiger partial charge in [0.1, 0.15) is 5.75 Å². The Bertz CT molecular complexity index is 601. The first kappa shape index (κ1) is 15.0. The van der Waals surface area contributed by atoms with Crippen LogP contribution in [-0.2, 0) is 0 Å². The molecule has 0 aliphatic rings. The number of hydrogen-bond donors (Lipinski definition) is 0. The van der Waals surface area contributed by atoms with E-state index in [0.717, 1.165) is 15.6 Å². The Hall–Kier alpha value is -0.410. The number of benzene rings is 2. The van der Waals surface area contributed by atoms with Crippen molar-refractivity contribution < 1.29 is 4.74 Å². The normalized spacial score (nSPS) is 12.3. The Labute approximate surface area is 135 Å². The molecular formula is C14H10BrCl3O. The molecule has 0 aliphatic heterocycles. The zero-order chi connectivity index (χ0) is 14.0. The molecule has 0 N–H and O–H groups in total. The smallest absolute Gasteiger partial charge is 0.120 e. The maximum absolute atomic E-state index is 6.48. The first-order valence-corrected chi connectivity index (χ1v) is 7.44. The maximum atomic E-state index is 6.48. The summed E-state index contributed by atoms with van der Waals surface area (Å²) >= 11 is 22.3. The highest BCUT2D eigenvalue weighted by Crippen LogP contribution is 2.40. The van der Waals surface area contributed by atoms with Gasteiger partial charge < -0.3 is 4.74 Å². The van der Waals surface area contributed by atoms with Crippen LogP contribution in [-0.4, -0.2) is 7.11 Å². The molecule has 0 aromatic heterocycles. The monoisotopic (exact) mass is 378 g/mol. The molecule has 1 atom stereocenters. The van der Waals surface area contributed by atoms with Gasteiger partial charge in [0.15, 0.2) is 0 Å². The molecule has 5 heteroatoms. The van der Waals surface area contributed by atoms with Gasteiger partial charge in [0.2, 0.25) is 0 Å². The summed E-state index contributed by atoms with van der Waals surface area (Å²) in [7, 11) is 1.59. The van der Waals surface area contributed by atoms with Gasteiger partial charge in [-0.2, -0.15) is 0 Å². The van der Waals surface area contributed by atoms with Gasteiger partial charge in [-0.15, -0.1) is 11.6 Å². The molecule has 0 heterocycles. The van der Waals surface area contributed by atoms with Gasteiger partial charge in [-0.25, -0.2) is 0 Å². The molecule has 19 heavy (non-hydrogen) atoms. The summed E-state index contributed by atoms with van der Waals surface area (Å²) in [5.41, 5.74) is 1.61. The SMILES string of the molecule is COc1ccc(C(Cl)c2cccc(Br)c2Cl)c(Cl)c1. The van der Waals surface area contributed by atoms with Crippen molar-refractivity contribution in [3.63, 3.8) is 0 Å². The highest BCUT2D eigenvalue weighted by atomic mass is 79.9. The topological polar surface area (TPSA) is 9.23 Å². The van der Waals surface area contributed by atoms with E-state index in [1.54, 1.807) is 13.2 Å². The molecule has 100 valence electrons. The number of ether oxygens (including phenoxy) is 1. The van der Waals surface area contributed by atoms with Crippen molar-refractivity contribution in [3.05, 3.63) is 62.0 Å². The number of halogens is 4. The highest BCUT2D eigenvalue weighted by Gasteiger charge is 2.18. The zero-order valence-corrected chi connectivity index (χ0v) is 13.8. The quantitative estimate of drug-likeness (QED) is 0.585. The van der Waals surface area contributed by atoms with Crippen LogP contribution in [0.25, 0.3) is 0 Å². The van der Waals surface area contributed by atoms with Crippen LogP contribution in [0, 0.1) is 0 Å². The minimum atomic E-state index is -0.414. The standard InChI is InChI=1S/C14H10BrCl3O/c1-19-8-5-6-9(12(16)7-8)13(17)10-3-2-4-11(15)14(10)18/h2-7,13H,1H3. The van der Waals surface area contributed by atoms with E-state index >= 15 is 0 Å². The van der Waals surface area contributed by atoms with Gasteiger partial charge in [0.05, 0.1) is 17.5 Å². The Kier molecular flexibility index (Phi) is 5.02. The van der Waals surface area contributed by atoms with Crippen LogP contribution in [0.2, 0.25) is 10.0 Å². The lowest BCUT2D eigenvalue weighted by molar-refractivity contribution is 0.414. The van der Waals surface area contributed by atoms with Gasteiger partial charge in [-0.05, 0) is 45.3 Å². The largest absolute Gasteiger partial charge is 0.497 e. The molecule has 0 fully saturated rings. The minimum Gasteiger partial charge on any atom is -0.497 e. The van der Waals surface area contributed by atoms with Crippen molar-refractivity contribution in [1.82, 2.24) is 0 Å². The van der Waals surface area contributed by atoms with E-state index in [-0.39, 0.29) is 0 Å². The van der Waals surface area contributed by atoms with Crippen molar-refractivity contribution in [2.45, 2.75) is 5.38 Å². The summed E-state index contributed by atoms with van der Waals surface area (Å²) in [4.78, 5) is 0.